The molecule has 6 nitrogen and oxygen atoms in total. The van der Waals surface area contributed by atoms with Crippen molar-refractivity contribution < 1.29 is 15.0 Å². The molecule has 2 N–H and O–H groups in total. The molecule has 0 saturated heterocycles. The number of ketones is 1. The van der Waals surface area contributed by atoms with Gasteiger partial charge in [0, 0.05) is 10.9 Å². The van der Waals surface area contributed by atoms with Gasteiger partial charge in [-0.2, -0.15) is 0 Å². The second-order valence-corrected chi connectivity index (χ2v) is 9.78. The summed E-state index contributed by atoms with van der Waals surface area (Å²) >= 11 is 2.61. The first-order chi connectivity index (χ1) is 15.2. The van der Waals surface area contributed by atoms with Gasteiger partial charge in [-0.15, -0.1) is 11.3 Å². The number of nitrogens with zero attached hydrogens (tertiary/aromatic N) is 2. The maximum atomic E-state index is 13.6. The monoisotopic (exact) mass is 466 g/mol. The molecular formula is C24H22N2O4S2. The zero-order valence-corrected chi connectivity index (χ0v) is 19.7. The number of phenolic OH excluding ortho intramolecular Hbond substituents is 2. The summed E-state index contributed by atoms with van der Waals surface area (Å²) in [7, 11) is 0. The largest absolute Gasteiger partial charge is 0.508 e. The van der Waals surface area contributed by atoms with Crippen LogP contribution in [0.3, 0.4) is 0 Å². The minimum Gasteiger partial charge on any atom is -0.508 e. The van der Waals surface area contributed by atoms with Crippen LogP contribution in [-0.2, 0) is 0 Å². The number of benzene rings is 2. The van der Waals surface area contributed by atoms with E-state index in [1.54, 1.807) is 4.57 Å². The molecule has 0 unspecified atom stereocenters. The Morgan fingerprint density at radius 2 is 1.84 bits per heavy atom. The first-order valence-electron chi connectivity index (χ1n) is 9.96. The molecule has 4 aromatic rings. The van der Waals surface area contributed by atoms with E-state index in [1.807, 2.05) is 45.9 Å². The van der Waals surface area contributed by atoms with E-state index in [9.17, 15) is 19.8 Å². The van der Waals surface area contributed by atoms with Gasteiger partial charge in [-0.1, -0.05) is 23.9 Å². The van der Waals surface area contributed by atoms with Crippen molar-refractivity contribution in [3.05, 3.63) is 73.9 Å². The summed E-state index contributed by atoms with van der Waals surface area (Å²) in [5.74, 6) is -0.751. The predicted molar refractivity (Wildman–Crippen MR) is 129 cm³/mol. The lowest BCUT2D eigenvalue weighted by molar-refractivity contribution is 0.102. The Kier molecular flexibility index (Phi) is 5.83. The van der Waals surface area contributed by atoms with Gasteiger partial charge in [0.05, 0.1) is 22.4 Å². The molecule has 0 bridgehead atoms. The molecule has 0 spiro atoms. The summed E-state index contributed by atoms with van der Waals surface area (Å²) in [5, 5.41) is 20.5. The van der Waals surface area contributed by atoms with Gasteiger partial charge in [0.2, 0.25) is 0 Å². The molecular weight excluding hydrogens is 444 g/mol. The predicted octanol–water partition coefficient (Wildman–Crippen LogP) is 5.07. The number of aryl methyl sites for hydroxylation is 3. The number of fused-ring (bicyclic) bond motifs is 1. The summed E-state index contributed by atoms with van der Waals surface area (Å²) in [6, 6.07) is 9.63. The van der Waals surface area contributed by atoms with Gasteiger partial charge in [0.15, 0.2) is 10.9 Å². The molecule has 0 aliphatic rings. The lowest BCUT2D eigenvalue weighted by Gasteiger charge is -2.15. The molecule has 2 aromatic carbocycles. The number of Topliss-reactive ketones (excluding diaryl/α,β-unsaturated/α-hetero) is 1. The van der Waals surface area contributed by atoms with Crippen molar-refractivity contribution in [1.82, 2.24) is 9.55 Å². The van der Waals surface area contributed by atoms with Crippen molar-refractivity contribution >= 4 is 39.1 Å². The Morgan fingerprint density at radius 3 is 2.56 bits per heavy atom. The van der Waals surface area contributed by atoms with Crippen LogP contribution in [0, 0.1) is 27.7 Å². The number of aromatic nitrogens is 2. The number of phenols is 2. The van der Waals surface area contributed by atoms with Crippen LogP contribution < -0.4 is 5.56 Å². The average Bonchev–Trinajstić information content (AvgIpc) is 3.02. The summed E-state index contributed by atoms with van der Waals surface area (Å²) in [4.78, 5) is 32.8. The zero-order valence-electron chi connectivity index (χ0n) is 18.1. The van der Waals surface area contributed by atoms with Gasteiger partial charge in [-0.05, 0) is 62.6 Å². The van der Waals surface area contributed by atoms with E-state index in [0.29, 0.717) is 15.4 Å². The smallest absolute Gasteiger partial charge is 0.267 e. The van der Waals surface area contributed by atoms with Crippen molar-refractivity contribution in [1.29, 1.82) is 0 Å². The first-order valence-corrected chi connectivity index (χ1v) is 11.8. The van der Waals surface area contributed by atoms with E-state index in [0.717, 1.165) is 45.1 Å². The molecule has 0 aliphatic heterocycles. The molecule has 8 heteroatoms. The fourth-order valence-corrected chi connectivity index (χ4v) is 5.49. The third kappa shape index (κ3) is 3.80. The Morgan fingerprint density at radius 1 is 1.09 bits per heavy atom. The summed E-state index contributed by atoms with van der Waals surface area (Å²) < 4.78 is 1.58. The standard InChI is InChI=1S/C24H22N2O4S2/c1-12-6-5-7-18(13(12)2)26-23(30)21-14(3)15(4)32-22(21)25-24(26)31-11-20(29)17-9-8-16(27)10-19(17)28/h5-10,27-28H,11H2,1-4H3. The number of aromatic hydroxyl groups is 2. The van der Waals surface area contributed by atoms with Crippen molar-refractivity contribution in [2.24, 2.45) is 0 Å². The molecule has 4 rings (SSSR count). The number of rotatable bonds is 5. The SMILES string of the molecule is Cc1cccc(-n2c(SCC(=O)c3ccc(O)cc3O)nc3sc(C)c(C)c3c2=O)c1C. The van der Waals surface area contributed by atoms with Crippen LogP contribution in [0.15, 0.2) is 46.3 Å². The van der Waals surface area contributed by atoms with Crippen molar-refractivity contribution in [3.63, 3.8) is 0 Å². The highest BCUT2D eigenvalue weighted by Crippen LogP contribution is 2.31. The molecule has 32 heavy (non-hydrogen) atoms. The Labute approximate surface area is 193 Å². The molecule has 164 valence electrons. The summed E-state index contributed by atoms with van der Waals surface area (Å²) in [6.45, 7) is 7.84. The minimum absolute atomic E-state index is 0.0233. The lowest BCUT2D eigenvalue weighted by Crippen LogP contribution is -2.23. The van der Waals surface area contributed by atoms with E-state index in [-0.39, 0.29) is 34.2 Å². The van der Waals surface area contributed by atoms with Crippen molar-refractivity contribution in [2.75, 3.05) is 5.75 Å². The molecule has 0 aliphatic carbocycles. The van der Waals surface area contributed by atoms with Crippen LogP contribution in [-0.4, -0.2) is 31.3 Å². The molecule has 2 aromatic heterocycles. The molecule has 0 atom stereocenters. The van der Waals surface area contributed by atoms with Crippen molar-refractivity contribution in [3.8, 4) is 17.2 Å². The van der Waals surface area contributed by atoms with Crippen molar-refractivity contribution in [2.45, 2.75) is 32.9 Å². The van der Waals surface area contributed by atoms with E-state index in [4.69, 9.17) is 4.98 Å². The molecule has 2 heterocycles. The highest BCUT2D eigenvalue weighted by Gasteiger charge is 2.21. The molecule has 0 fully saturated rings. The molecule has 0 radical (unpaired) electrons. The van der Waals surface area contributed by atoms with Crippen LogP contribution in [0.5, 0.6) is 11.5 Å². The number of hydrogen-bond donors (Lipinski definition) is 2. The van der Waals surface area contributed by atoms with E-state index < -0.39 is 0 Å². The fraction of sp³-hybridized carbons (Fsp3) is 0.208. The number of carbonyl (C=O) groups excluding carboxylic acids is 1. The van der Waals surface area contributed by atoms with Gasteiger partial charge in [-0.3, -0.25) is 14.2 Å². The highest BCUT2D eigenvalue weighted by atomic mass is 32.2. The maximum absolute atomic E-state index is 13.6. The Bertz CT molecular complexity index is 1440. The topological polar surface area (TPSA) is 92.4 Å². The zero-order chi connectivity index (χ0) is 23.2. The normalized spacial score (nSPS) is 11.2. The van der Waals surface area contributed by atoms with Gasteiger partial charge in [-0.25, -0.2) is 4.98 Å². The summed E-state index contributed by atoms with van der Waals surface area (Å²) in [5.41, 5.74) is 3.62. The number of carbonyl (C=O) groups is 1. The van der Waals surface area contributed by atoms with Gasteiger partial charge >= 0.3 is 0 Å². The van der Waals surface area contributed by atoms with Crippen LogP contribution in [0.4, 0.5) is 0 Å². The van der Waals surface area contributed by atoms with Crippen LogP contribution in [0.2, 0.25) is 0 Å². The Hall–Kier alpha value is -3.10. The van der Waals surface area contributed by atoms with Gasteiger partial charge in [0.25, 0.3) is 5.56 Å². The first kappa shape index (κ1) is 22.1. The number of hydrogen-bond acceptors (Lipinski definition) is 7. The molecule has 0 amide bonds. The highest BCUT2D eigenvalue weighted by molar-refractivity contribution is 7.99. The van der Waals surface area contributed by atoms with Gasteiger partial charge in [0.1, 0.15) is 16.3 Å². The van der Waals surface area contributed by atoms with Gasteiger partial charge < -0.3 is 10.2 Å². The maximum Gasteiger partial charge on any atom is 0.267 e. The summed E-state index contributed by atoms with van der Waals surface area (Å²) in [6.07, 6.45) is 0. The lowest BCUT2D eigenvalue weighted by atomic mass is 10.1. The van der Waals surface area contributed by atoms with Crippen LogP contribution in [0.25, 0.3) is 15.9 Å². The average molecular weight is 467 g/mol. The number of thioether (sulfide) groups is 1. The number of thiophene rings is 1. The van der Waals surface area contributed by atoms with E-state index >= 15 is 0 Å². The van der Waals surface area contributed by atoms with Crippen LogP contribution in [0.1, 0.15) is 31.9 Å². The fourth-order valence-electron chi connectivity index (χ4n) is 3.53. The van der Waals surface area contributed by atoms with Crippen LogP contribution >= 0.6 is 23.1 Å². The quantitative estimate of drug-likeness (QED) is 0.242. The third-order valence-corrected chi connectivity index (χ3v) is 7.64. The molecule has 0 saturated carbocycles. The minimum atomic E-state index is -0.326. The van der Waals surface area contributed by atoms with E-state index in [1.165, 1.54) is 23.5 Å². The van der Waals surface area contributed by atoms with E-state index in [2.05, 4.69) is 0 Å². The second kappa shape index (κ2) is 8.44. The second-order valence-electron chi connectivity index (χ2n) is 7.63. The Balaban J connectivity index is 1.84. The third-order valence-electron chi connectivity index (χ3n) is 5.60.